The van der Waals surface area contributed by atoms with E-state index in [2.05, 4.69) is 5.32 Å². The molecule has 1 aliphatic rings. The Kier molecular flexibility index (Phi) is 4.96. The van der Waals surface area contributed by atoms with E-state index < -0.39 is 6.04 Å². The van der Waals surface area contributed by atoms with Crippen LogP contribution < -0.4 is 10.2 Å². The van der Waals surface area contributed by atoms with Crippen molar-refractivity contribution in [1.82, 2.24) is 14.9 Å². The van der Waals surface area contributed by atoms with Gasteiger partial charge in [0.25, 0.3) is 5.91 Å². The Morgan fingerprint density at radius 1 is 0.871 bits per heavy atom. The second kappa shape index (κ2) is 8.07. The van der Waals surface area contributed by atoms with Gasteiger partial charge in [-0.2, -0.15) is 0 Å². The molecule has 5 rings (SSSR count). The highest BCUT2D eigenvalue weighted by atomic mass is 16.2. The van der Waals surface area contributed by atoms with Gasteiger partial charge in [0.1, 0.15) is 6.04 Å². The van der Waals surface area contributed by atoms with Crippen LogP contribution in [0.15, 0.2) is 84.9 Å². The minimum Gasteiger partial charge on any atom is -0.352 e. The number of imidazole rings is 1. The summed E-state index contributed by atoms with van der Waals surface area (Å²) in [6, 6.07) is 26.7. The third kappa shape index (κ3) is 3.68. The van der Waals surface area contributed by atoms with Crippen molar-refractivity contribution in [3.63, 3.8) is 0 Å². The summed E-state index contributed by atoms with van der Waals surface area (Å²) in [5.41, 5.74) is 3.72. The van der Waals surface area contributed by atoms with Crippen LogP contribution in [0.4, 0.5) is 5.95 Å². The largest absolute Gasteiger partial charge is 0.352 e. The molecule has 2 amide bonds. The fourth-order valence-corrected chi connectivity index (χ4v) is 4.06. The smallest absolute Gasteiger partial charge is 0.253 e. The first kappa shape index (κ1) is 19.1. The molecule has 0 unspecified atom stereocenters. The zero-order chi connectivity index (χ0) is 21.2. The fourth-order valence-electron chi connectivity index (χ4n) is 4.06. The lowest BCUT2D eigenvalue weighted by atomic mass is 10.1. The van der Waals surface area contributed by atoms with E-state index in [9.17, 15) is 9.59 Å². The number of carbonyl (C=O) groups is 2. The number of anilines is 1. The lowest BCUT2D eigenvalue weighted by Gasteiger charge is -2.16. The van der Waals surface area contributed by atoms with E-state index in [1.54, 1.807) is 4.90 Å². The minimum atomic E-state index is -0.609. The summed E-state index contributed by atoms with van der Waals surface area (Å²) >= 11 is 0. The van der Waals surface area contributed by atoms with Gasteiger partial charge in [-0.25, -0.2) is 4.98 Å². The molecule has 0 saturated carbocycles. The van der Waals surface area contributed by atoms with Gasteiger partial charge in [-0.3, -0.25) is 19.1 Å². The van der Waals surface area contributed by atoms with E-state index in [0.717, 1.165) is 22.2 Å². The molecule has 1 aliphatic heterocycles. The number of nitrogens with zero attached hydrogens (tertiary/aromatic N) is 3. The monoisotopic (exact) mass is 410 g/mol. The Balaban J connectivity index is 1.42. The third-order valence-corrected chi connectivity index (χ3v) is 5.58. The standard InChI is InChI=1S/C25H22N4O2/c30-23(26-16-18-9-3-1-4-10-18)15-22-24(31)28(17-19-11-5-2-6-12-19)25-27-20-13-7-8-14-21(20)29(22)25/h1-14,22H,15-17H2,(H,26,30)/t22-/m1/s1. The number of rotatable bonds is 6. The van der Waals surface area contributed by atoms with Gasteiger partial charge in [0, 0.05) is 6.54 Å². The molecule has 0 radical (unpaired) electrons. The van der Waals surface area contributed by atoms with Gasteiger partial charge in [-0.05, 0) is 23.3 Å². The summed E-state index contributed by atoms with van der Waals surface area (Å²) in [5.74, 6) is 0.329. The molecule has 1 N–H and O–H groups in total. The van der Waals surface area contributed by atoms with E-state index >= 15 is 0 Å². The molecule has 1 atom stereocenters. The van der Waals surface area contributed by atoms with Crippen molar-refractivity contribution in [2.75, 3.05) is 4.90 Å². The Morgan fingerprint density at radius 3 is 2.26 bits per heavy atom. The van der Waals surface area contributed by atoms with Crippen LogP contribution in [0.2, 0.25) is 0 Å². The van der Waals surface area contributed by atoms with Gasteiger partial charge in [-0.15, -0.1) is 0 Å². The zero-order valence-electron chi connectivity index (χ0n) is 16.9. The second-order valence-electron chi connectivity index (χ2n) is 7.66. The minimum absolute atomic E-state index is 0.0737. The molecule has 0 spiro atoms. The van der Waals surface area contributed by atoms with Crippen LogP contribution in [0.5, 0.6) is 0 Å². The molecular weight excluding hydrogens is 388 g/mol. The van der Waals surface area contributed by atoms with Crippen molar-refractivity contribution in [2.45, 2.75) is 25.6 Å². The highest BCUT2D eigenvalue weighted by Gasteiger charge is 2.40. The van der Waals surface area contributed by atoms with Crippen molar-refractivity contribution < 1.29 is 9.59 Å². The first-order chi connectivity index (χ1) is 15.2. The molecule has 2 heterocycles. The Bertz CT molecular complexity index is 1230. The van der Waals surface area contributed by atoms with E-state index in [4.69, 9.17) is 4.98 Å². The average Bonchev–Trinajstić information content (AvgIpc) is 3.30. The average molecular weight is 410 g/mol. The van der Waals surface area contributed by atoms with Crippen LogP contribution in [0.25, 0.3) is 11.0 Å². The summed E-state index contributed by atoms with van der Waals surface area (Å²) < 4.78 is 1.91. The zero-order valence-corrected chi connectivity index (χ0v) is 16.9. The van der Waals surface area contributed by atoms with E-state index in [-0.39, 0.29) is 18.2 Å². The number of aromatic nitrogens is 2. The van der Waals surface area contributed by atoms with E-state index in [1.165, 1.54) is 0 Å². The Morgan fingerprint density at radius 2 is 1.52 bits per heavy atom. The van der Waals surface area contributed by atoms with E-state index in [0.29, 0.717) is 19.0 Å². The molecule has 154 valence electrons. The summed E-state index contributed by atoms with van der Waals surface area (Å²) in [6.45, 7) is 0.858. The molecule has 0 aliphatic carbocycles. The molecule has 0 bridgehead atoms. The van der Waals surface area contributed by atoms with Crippen molar-refractivity contribution in [2.24, 2.45) is 0 Å². The molecule has 0 saturated heterocycles. The summed E-state index contributed by atoms with van der Waals surface area (Å²) in [7, 11) is 0. The summed E-state index contributed by atoms with van der Waals surface area (Å²) in [6.07, 6.45) is 0.0737. The number of nitrogens with one attached hydrogen (secondary N) is 1. The van der Waals surface area contributed by atoms with Crippen molar-refractivity contribution in [1.29, 1.82) is 0 Å². The van der Waals surface area contributed by atoms with Crippen LogP contribution in [0, 0.1) is 0 Å². The molecule has 0 fully saturated rings. The molecule has 6 heteroatoms. The number of carbonyl (C=O) groups excluding carboxylic acids is 2. The number of amides is 2. The SMILES string of the molecule is O=C(C[C@@H]1C(=O)N(Cc2ccccc2)c2nc3ccccc3n21)NCc1ccccc1. The highest BCUT2D eigenvalue weighted by Crippen LogP contribution is 2.37. The van der Waals surface area contributed by atoms with Gasteiger partial charge >= 0.3 is 0 Å². The molecule has 1 aromatic heterocycles. The first-order valence-electron chi connectivity index (χ1n) is 10.3. The lowest BCUT2D eigenvalue weighted by molar-refractivity contribution is -0.127. The van der Waals surface area contributed by atoms with Crippen molar-refractivity contribution >= 4 is 28.8 Å². The van der Waals surface area contributed by atoms with Gasteiger partial charge in [-0.1, -0.05) is 72.8 Å². The maximum absolute atomic E-state index is 13.4. The first-order valence-corrected chi connectivity index (χ1v) is 10.3. The number of hydrogen-bond acceptors (Lipinski definition) is 3. The summed E-state index contributed by atoms with van der Waals surface area (Å²) in [4.78, 5) is 32.5. The van der Waals surface area contributed by atoms with Crippen LogP contribution in [0.1, 0.15) is 23.6 Å². The summed E-state index contributed by atoms with van der Waals surface area (Å²) in [5, 5.41) is 2.94. The molecule has 31 heavy (non-hydrogen) atoms. The van der Waals surface area contributed by atoms with Crippen LogP contribution in [0.3, 0.4) is 0 Å². The topological polar surface area (TPSA) is 67.2 Å². The fraction of sp³-hybridized carbons (Fsp3) is 0.160. The van der Waals surface area contributed by atoms with Crippen molar-refractivity contribution in [3.05, 3.63) is 96.1 Å². The van der Waals surface area contributed by atoms with E-state index in [1.807, 2.05) is 89.5 Å². The maximum Gasteiger partial charge on any atom is 0.253 e. The molecular formula is C25H22N4O2. The lowest BCUT2D eigenvalue weighted by Crippen LogP contribution is -2.32. The normalized spacial score (nSPS) is 15.3. The van der Waals surface area contributed by atoms with Crippen LogP contribution in [-0.2, 0) is 22.7 Å². The molecule has 3 aromatic carbocycles. The van der Waals surface area contributed by atoms with Gasteiger partial charge in [0.05, 0.1) is 24.0 Å². The Hall–Kier alpha value is -3.93. The van der Waals surface area contributed by atoms with Crippen LogP contribution >= 0.6 is 0 Å². The van der Waals surface area contributed by atoms with Gasteiger partial charge in [0.15, 0.2) is 0 Å². The van der Waals surface area contributed by atoms with Gasteiger partial charge < -0.3 is 5.32 Å². The number of benzene rings is 3. The molecule has 6 nitrogen and oxygen atoms in total. The van der Waals surface area contributed by atoms with Gasteiger partial charge in [0.2, 0.25) is 11.9 Å². The quantitative estimate of drug-likeness (QED) is 0.525. The predicted octanol–water partition coefficient (Wildman–Crippen LogP) is 3.83. The molecule has 4 aromatic rings. The second-order valence-corrected chi connectivity index (χ2v) is 7.66. The van der Waals surface area contributed by atoms with Crippen LogP contribution in [-0.4, -0.2) is 21.4 Å². The Labute approximate surface area is 180 Å². The number of para-hydroxylation sites is 2. The maximum atomic E-state index is 13.4. The number of fused-ring (bicyclic) bond motifs is 3. The van der Waals surface area contributed by atoms with Crippen molar-refractivity contribution in [3.8, 4) is 0 Å². The predicted molar refractivity (Wildman–Crippen MR) is 119 cm³/mol. The highest BCUT2D eigenvalue weighted by molar-refractivity contribution is 6.03. The number of hydrogen-bond donors (Lipinski definition) is 1. The third-order valence-electron chi connectivity index (χ3n) is 5.58.